The molecule has 1 aliphatic rings. The van der Waals surface area contributed by atoms with Gasteiger partial charge in [-0.05, 0) is 32.3 Å². The molecule has 0 aliphatic carbocycles. The van der Waals surface area contributed by atoms with E-state index in [1.54, 1.807) is 12.5 Å². The lowest BCUT2D eigenvalue weighted by molar-refractivity contribution is 0.411. The largest absolute Gasteiger partial charge is 0.352 e. The van der Waals surface area contributed by atoms with E-state index in [9.17, 15) is 0 Å². The molecule has 2 atom stereocenters. The number of aromatic nitrogens is 2. The lowest BCUT2D eigenvalue weighted by Gasteiger charge is -2.38. The van der Waals surface area contributed by atoms with Gasteiger partial charge in [-0.3, -0.25) is 0 Å². The number of piperidine rings is 1. The standard InChI is InChI=1S/C11H18N4/c1-9(12)10-4-2-3-7-15(10)11-5-6-13-8-14-11/h5-6,8-10H,2-4,7,12H2,1H3. The van der Waals surface area contributed by atoms with Crippen LogP contribution in [0, 0.1) is 0 Å². The third-order valence-electron chi connectivity index (χ3n) is 3.02. The minimum atomic E-state index is 0.195. The van der Waals surface area contributed by atoms with Crippen LogP contribution in [0.15, 0.2) is 18.6 Å². The molecular formula is C11H18N4. The summed E-state index contributed by atoms with van der Waals surface area (Å²) in [4.78, 5) is 10.6. The van der Waals surface area contributed by atoms with Gasteiger partial charge in [0.2, 0.25) is 0 Å². The molecule has 1 saturated heterocycles. The minimum Gasteiger partial charge on any atom is -0.352 e. The van der Waals surface area contributed by atoms with Crippen LogP contribution in [-0.4, -0.2) is 28.6 Å². The summed E-state index contributed by atoms with van der Waals surface area (Å²) in [6.45, 7) is 3.13. The molecule has 1 aromatic rings. The first-order valence-corrected chi connectivity index (χ1v) is 5.57. The van der Waals surface area contributed by atoms with Gasteiger partial charge in [0.1, 0.15) is 12.1 Å². The van der Waals surface area contributed by atoms with E-state index in [0.29, 0.717) is 6.04 Å². The maximum absolute atomic E-state index is 6.01. The quantitative estimate of drug-likeness (QED) is 0.789. The number of hydrogen-bond donors (Lipinski definition) is 1. The van der Waals surface area contributed by atoms with Crippen LogP contribution < -0.4 is 10.6 Å². The molecule has 0 aromatic carbocycles. The highest BCUT2D eigenvalue weighted by molar-refractivity contribution is 5.39. The van der Waals surface area contributed by atoms with Crippen LogP contribution >= 0.6 is 0 Å². The van der Waals surface area contributed by atoms with E-state index in [0.717, 1.165) is 12.4 Å². The van der Waals surface area contributed by atoms with Crippen molar-refractivity contribution in [3.05, 3.63) is 18.6 Å². The summed E-state index contributed by atoms with van der Waals surface area (Å²) in [5.74, 6) is 1.01. The molecule has 1 aromatic heterocycles. The third-order valence-corrected chi connectivity index (χ3v) is 3.02. The molecule has 2 rings (SSSR count). The van der Waals surface area contributed by atoms with Crippen molar-refractivity contribution < 1.29 is 0 Å². The molecule has 0 spiro atoms. The van der Waals surface area contributed by atoms with Crippen LogP contribution in [0.1, 0.15) is 26.2 Å². The van der Waals surface area contributed by atoms with Gasteiger partial charge < -0.3 is 10.6 Å². The molecule has 0 bridgehead atoms. The van der Waals surface area contributed by atoms with Gasteiger partial charge in [0.15, 0.2) is 0 Å². The fourth-order valence-electron chi connectivity index (χ4n) is 2.24. The predicted octanol–water partition coefficient (Wildman–Crippen LogP) is 1.18. The normalized spacial score (nSPS) is 23.9. The number of anilines is 1. The van der Waals surface area contributed by atoms with Crippen molar-refractivity contribution in [3.8, 4) is 0 Å². The molecule has 2 heterocycles. The van der Waals surface area contributed by atoms with Gasteiger partial charge in [-0.15, -0.1) is 0 Å². The van der Waals surface area contributed by atoms with Gasteiger partial charge in [0, 0.05) is 24.8 Å². The molecule has 1 fully saturated rings. The Morgan fingerprint density at radius 1 is 1.53 bits per heavy atom. The molecule has 15 heavy (non-hydrogen) atoms. The number of nitrogens with two attached hydrogens (primary N) is 1. The van der Waals surface area contributed by atoms with Crippen LogP contribution in [-0.2, 0) is 0 Å². The third kappa shape index (κ3) is 2.26. The molecular weight excluding hydrogens is 188 g/mol. The molecule has 82 valence electrons. The van der Waals surface area contributed by atoms with Crippen LogP contribution in [0.2, 0.25) is 0 Å². The predicted molar refractivity (Wildman–Crippen MR) is 60.7 cm³/mol. The maximum atomic E-state index is 6.01. The van der Waals surface area contributed by atoms with Crippen molar-refractivity contribution in [2.45, 2.75) is 38.3 Å². The molecule has 0 amide bonds. The Morgan fingerprint density at radius 3 is 3.07 bits per heavy atom. The van der Waals surface area contributed by atoms with Crippen molar-refractivity contribution >= 4 is 5.82 Å². The van der Waals surface area contributed by atoms with E-state index >= 15 is 0 Å². The van der Waals surface area contributed by atoms with Gasteiger partial charge in [0.25, 0.3) is 0 Å². The molecule has 0 saturated carbocycles. The van der Waals surface area contributed by atoms with Gasteiger partial charge in [-0.25, -0.2) is 9.97 Å². The summed E-state index contributed by atoms with van der Waals surface area (Å²) in [5.41, 5.74) is 6.01. The fraction of sp³-hybridized carbons (Fsp3) is 0.636. The fourth-order valence-corrected chi connectivity index (χ4v) is 2.24. The summed E-state index contributed by atoms with van der Waals surface area (Å²) >= 11 is 0. The molecule has 1 aliphatic heterocycles. The molecule has 4 heteroatoms. The van der Waals surface area contributed by atoms with E-state index in [-0.39, 0.29) is 6.04 Å². The minimum absolute atomic E-state index is 0.195. The Balaban J connectivity index is 2.18. The smallest absolute Gasteiger partial charge is 0.132 e. The average Bonchev–Trinajstić information content (AvgIpc) is 2.30. The number of nitrogens with zero attached hydrogens (tertiary/aromatic N) is 3. The Hall–Kier alpha value is -1.16. The summed E-state index contributed by atoms with van der Waals surface area (Å²) in [6, 6.07) is 2.58. The van der Waals surface area contributed by atoms with E-state index in [4.69, 9.17) is 5.73 Å². The number of hydrogen-bond acceptors (Lipinski definition) is 4. The second kappa shape index (κ2) is 4.57. The van der Waals surface area contributed by atoms with Crippen molar-refractivity contribution in [3.63, 3.8) is 0 Å². The monoisotopic (exact) mass is 206 g/mol. The highest BCUT2D eigenvalue weighted by Crippen LogP contribution is 2.23. The zero-order valence-electron chi connectivity index (χ0n) is 9.13. The first-order valence-electron chi connectivity index (χ1n) is 5.57. The zero-order valence-corrected chi connectivity index (χ0v) is 9.13. The number of rotatable bonds is 2. The highest BCUT2D eigenvalue weighted by Gasteiger charge is 2.26. The highest BCUT2D eigenvalue weighted by atomic mass is 15.2. The van der Waals surface area contributed by atoms with E-state index in [1.807, 2.05) is 6.07 Å². The topological polar surface area (TPSA) is 55.0 Å². The SMILES string of the molecule is CC(N)C1CCCCN1c1ccncn1. The zero-order chi connectivity index (χ0) is 10.7. The first-order chi connectivity index (χ1) is 7.29. The van der Waals surface area contributed by atoms with Gasteiger partial charge in [-0.2, -0.15) is 0 Å². The van der Waals surface area contributed by atoms with Gasteiger partial charge in [0.05, 0.1) is 0 Å². The van der Waals surface area contributed by atoms with Crippen LogP contribution in [0.4, 0.5) is 5.82 Å². The second-order valence-corrected chi connectivity index (χ2v) is 4.18. The average molecular weight is 206 g/mol. The van der Waals surface area contributed by atoms with E-state index < -0.39 is 0 Å². The Labute approximate surface area is 90.5 Å². The van der Waals surface area contributed by atoms with E-state index in [2.05, 4.69) is 21.8 Å². The van der Waals surface area contributed by atoms with Crippen molar-refractivity contribution in [2.75, 3.05) is 11.4 Å². The van der Waals surface area contributed by atoms with Crippen LogP contribution in [0.5, 0.6) is 0 Å². The summed E-state index contributed by atoms with van der Waals surface area (Å²) < 4.78 is 0. The Bertz CT molecular complexity index is 299. The van der Waals surface area contributed by atoms with Gasteiger partial charge >= 0.3 is 0 Å². The molecule has 2 N–H and O–H groups in total. The van der Waals surface area contributed by atoms with Crippen LogP contribution in [0.3, 0.4) is 0 Å². The van der Waals surface area contributed by atoms with Crippen molar-refractivity contribution in [1.29, 1.82) is 0 Å². The van der Waals surface area contributed by atoms with Crippen molar-refractivity contribution in [2.24, 2.45) is 5.73 Å². The summed E-state index contributed by atoms with van der Waals surface area (Å²) in [5, 5.41) is 0. The van der Waals surface area contributed by atoms with Crippen LogP contribution in [0.25, 0.3) is 0 Å². The lowest BCUT2D eigenvalue weighted by atomic mass is 9.97. The maximum Gasteiger partial charge on any atom is 0.132 e. The molecule has 4 nitrogen and oxygen atoms in total. The first kappa shape index (κ1) is 10.4. The van der Waals surface area contributed by atoms with E-state index in [1.165, 1.54) is 19.3 Å². The summed E-state index contributed by atoms with van der Waals surface area (Å²) in [6.07, 6.45) is 7.06. The molecule has 0 radical (unpaired) electrons. The Kier molecular flexibility index (Phi) is 3.16. The second-order valence-electron chi connectivity index (χ2n) is 4.18. The summed E-state index contributed by atoms with van der Waals surface area (Å²) in [7, 11) is 0. The lowest BCUT2D eigenvalue weighted by Crippen LogP contribution is -2.49. The van der Waals surface area contributed by atoms with Gasteiger partial charge in [-0.1, -0.05) is 0 Å². The molecule has 2 unspecified atom stereocenters. The Morgan fingerprint density at radius 2 is 2.40 bits per heavy atom. The van der Waals surface area contributed by atoms with Crippen molar-refractivity contribution in [1.82, 2.24) is 9.97 Å².